The predicted molar refractivity (Wildman–Crippen MR) is 163 cm³/mol. The molecule has 3 fully saturated rings. The number of benzene rings is 1. The van der Waals surface area contributed by atoms with Crippen LogP contribution < -0.4 is 11.0 Å². The van der Waals surface area contributed by atoms with Crippen LogP contribution in [-0.4, -0.2) is 94.5 Å². The fourth-order valence-electron chi connectivity index (χ4n) is 6.62. The van der Waals surface area contributed by atoms with Crippen LogP contribution in [0.2, 0.25) is 0 Å². The van der Waals surface area contributed by atoms with Gasteiger partial charge < -0.3 is 10.1 Å². The van der Waals surface area contributed by atoms with Gasteiger partial charge in [0.2, 0.25) is 16.0 Å². The number of aromatic nitrogens is 4. The molecule has 12 heteroatoms. The molecular weight excluding hydrogens is 554 g/mol. The maximum atomic E-state index is 13.8. The SMILES string of the molecule is Cc1cccc(-n2c(-c3ccnc(NC4CCC(N5CCN(S(C)(=O)=O)CC5)CC4)n3)cn(C3CCOCC3)c2=O)c1. The average molecular weight is 596 g/mol. The maximum Gasteiger partial charge on any atom is 0.333 e. The average Bonchev–Trinajstić information content (AvgIpc) is 3.35. The first-order valence-corrected chi connectivity index (χ1v) is 16.9. The minimum Gasteiger partial charge on any atom is -0.381 e. The van der Waals surface area contributed by atoms with Crippen molar-refractivity contribution in [2.75, 3.05) is 51.0 Å². The van der Waals surface area contributed by atoms with Crippen molar-refractivity contribution < 1.29 is 13.2 Å². The van der Waals surface area contributed by atoms with E-state index in [9.17, 15) is 13.2 Å². The Morgan fingerprint density at radius 2 is 1.69 bits per heavy atom. The predicted octanol–water partition coefficient (Wildman–Crippen LogP) is 3.06. The number of imidazole rings is 1. The van der Waals surface area contributed by atoms with Crippen LogP contribution >= 0.6 is 0 Å². The van der Waals surface area contributed by atoms with Crippen LogP contribution in [0.1, 0.15) is 50.1 Å². The largest absolute Gasteiger partial charge is 0.381 e. The molecule has 6 rings (SSSR count). The van der Waals surface area contributed by atoms with Crippen molar-refractivity contribution >= 4 is 16.0 Å². The van der Waals surface area contributed by atoms with Crippen molar-refractivity contribution in [3.8, 4) is 17.1 Å². The number of ether oxygens (including phenoxy) is 1. The molecule has 2 aliphatic heterocycles. The van der Waals surface area contributed by atoms with Crippen LogP contribution in [0.4, 0.5) is 5.95 Å². The van der Waals surface area contributed by atoms with E-state index in [0.29, 0.717) is 44.0 Å². The summed E-state index contributed by atoms with van der Waals surface area (Å²) in [5.74, 6) is 0.569. The smallest absolute Gasteiger partial charge is 0.333 e. The molecule has 0 radical (unpaired) electrons. The van der Waals surface area contributed by atoms with Gasteiger partial charge in [0.1, 0.15) is 0 Å². The lowest BCUT2D eigenvalue weighted by molar-refractivity contribution is 0.0686. The van der Waals surface area contributed by atoms with Crippen molar-refractivity contribution in [1.29, 1.82) is 0 Å². The van der Waals surface area contributed by atoms with Gasteiger partial charge in [-0.3, -0.25) is 14.0 Å². The number of anilines is 1. The summed E-state index contributed by atoms with van der Waals surface area (Å²) >= 11 is 0. The minimum atomic E-state index is -3.12. The highest BCUT2D eigenvalue weighted by Crippen LogP contribution is 2.28. The van der Waals surface area contributed by atoms with E-state index in [2.05, 4.69) is 15.2 Å². The Labute approximate surface area is 247 Å². The Morgan fingerprint density at radius 1 is 0.952 bits per heavy atom. The highest BCUT2D eigenvalue weighted by molar-refractivity contribution is 7.88. The molecule has 42 heavy (non-hydrogen) atoms. The second kappa shape index (κ2) is 12.3. The molecule has 2 saturated heterocycles. The third-order valence-corrected chi connectivity index (χ3v) is 10.3. The maximum absolute atomic E-state index is 13.8. The fourth-order valence-corrected chi connectivity index (χ4v) is 7.45. The van der Waals surface area contributed by atoms with Crippen molar-refractivity contribution in [3.63, 3.8) is 0 Å². The summed E-state index contributed by atoms with van der Waals surface area (Å²) in [6.07, 6.45) is 10.7. The molecule has 0 amide bonds. The number of hydrogen-bond acceptors (Lipinski definition) is 8. The zero-order chi connectivity index (χ0) is 29.3. The molecule has 1 N–H and O–H groups in total. The monoisotopic (exact) mass is 595 g/mol. The normalized spacial score (nSPS) is 23.2. The zero-order valence-electron chi connectivity index (χ0n) is 24.5. The summed E-state index contributed by atoms with van der Waals surface area (Å²) in [5.41, 5.74) is 3.30. The van der Waals surface area contributed by atoms with Crippen molar-refractivity contribution in [3.05, 3.63) is 58.8 Å². The number of sulfonamides is 1. The molecule has 11 nitrogen and oxygen atoms in total. The molecule has 2 aromatic heterocycles. The fraction of sp³-hybridized carbons (Fsp3) is 0.567. The highest BCUT2D eigenvalue weighted by Gasteiger charge is 2.31. The number of aryl methyl sites for hydroxylation is 1. The summed E-state index contributed by atoms with van der Waals surface area (Å²) in [4.78, 5) is 25.7. The van der Waals surface area contributed by atoms with E-state index in [4.69, 9.17) is 9.72 Å². The zero-order valence-corrected chi connectivity index (χ0v) is 25.3. The van der Waals surface area contributed by atoms with Gasteiger partial charge in [-0.05, 0) is 69.2 Å². The lowest BCUT2D eigenvalue weighted by atomic mass is 9.90. The summed E-state index contributed by atoms with van der Waals surface area (Å²) in [6, 6.07) is 10.7. The van der Waals surface area contributed by atoms with Gasteiger partial charge in [0.25, 0.3) is 0 Å². The second-order valence-corrected chi connectivity index (χ2v) is 13.8. The van der Waals surface area contributed by atoms with Gasteiger partial charge in [0.05, 0.1) is 23.3 Å². The number of nitrogens with zero attached hydrogens (tertiary/aromatic N) is 6. The molecule has 226 valence electrons. The van der Waals surface area contributed by atoms with E-state index in [1.807, 2.05) is 48.0 Å². The second-order valence-electron chi connectivity index (χ2n) is 11.8. The lowest BCUT2D eigenvalue weighted by Crippen LogP contribution is -2.52. The summed E-state index contributed by atoms with van der Waals surface area (Å²) < 4.78 is 34.5. The molecule has 3 aromatic rings. The number of nitrogens with one attached hydrogen (secondary N) is 1. The quantitative estimate of drug-likeness (QED) is 0.444. The molecule has 1 aromatic carbocycles. The van der Waals surface area contributed by atoms with Gasteiger partial charge in [-0.1, -0.05) is 12.1 Å². The van der Waals surface area contributed by atoms with Crippen LogP contribution in [0, 0.1) is 6.92 Å². The van der Waals surface area contributed by atoms with Crippen LogP contribution in [0.15, 0.2) is 47.5 Å². The Hall–Kier alpha value is -3.06. The highest BCUT2D eigenvalue weighted by atomic mass is 32.2. The molecule has 1 saturated carbocycles. The van der Waals surface area contributed by atoms with Gasteiger partial charge in [-0.15, -0.1) is 0 Å². The number of hydrogen-bond donors (Lipinski definition) is 1. The molecule has 3 aliphatic rings. The van der Waals surface area contributed by atoms with Crippen molar-refractivity contribution in [2.24, 2.45) is 0 Å². The van der Waals surface area contributed by atoms with E-state index in [-0.39, 0.29) is 17.8 Å². The third-order valence-electron chi connectivity index (χ3n) is 8.97. The summed E-state index contributed by atoms with van der Waals surface area (Å²) in [7, 11) is -3.12. The van der Waals surface area contributed by atoms with E-state index in [0.717, 1.165) is 68.6 Å². The Bertz CT molecular complexity index is 1550. The van der Waals surface area contributed by atoms with Crippen molar-refractivity contribution in [2.45, 2.75) is 63.6 Å². The topological polar surface area (TPSA) is 115 Å². The lowest BCUT2D eigenvalue weighted by Gasteiger charge is -2.41. The standard InChI is InChI=1S/C30H41N7O4S/c1-22-4-3-5-26(20-22)37-28(21-36(30(37)38)25-11-18-41-19-12-25)27-10-13-31-29(33-27)32-23-6-8-24(9-7-23)34-14-16-35(17-15-34)42(2,39)40/h3-5,10,13,20-21,23-25H,6-9,11-12,14-19H2,1-2H3,(H,31,32,33). The van der Waals surface area contributed by atoms with E-state index in [1.54, 1.807) is 15.1 Å². The van der Waals surface area contributed by atoms with Crippen LogP contribution in [-0.2, 0) is 14.8 Å². The van der Waals surface area contributed by atoms with Gasteiger partial charge >= 0.3 is 5.69 Å². The van der Waals surface area contributed by atoms with Gasteiger partial charge in [-0.2, -0.15) is 4.31 Å². The van der Waals surface area contributed by atoms with E-state index in [1.165, 1.54) is 6.26 Å². The molecule has 1 aliphatic carbocycles. The Balaban J connectivity index is 1.17. The first-order valence-electron chi connectivity index (χ1n) is 15.0. The summed E-state index contributed by atoms with van der Waals surface area (Å²) in [5, 5.41) is 3.56. The molecular formula is C30H41N7O4S. The van der Waals surface area contributed by atoms with Crippen LogP contribution in [0.25, 0.3) is 17.1 Å². The Morgan fingerprint density at radius 3 is 2.38 bits per heavy atom. The number of piperazine rings is 1. The summed E-state index contributed by atoms with van der Waals surface area (Å²) in [6.45, 7) is 6.06. The van der Waals surface area contributed by atoms with Gasteiger partial charge in [0.15, 0.2) is 0 Å². The van der Waals surface area contributed by atoms with E-state index >= 15 is 0 Å². The van der Waals surface area contributed by atoms with Gasteiger partial charge in [-0.25, -0.2) is 23.2 Å². The molecule has 0 bridgehead atoms. The third kappa shape index (κ3) is 6.31. The van der Waals surface area contributed by atoms with E-state index < -0.39 is 10.0 Å². The van der Waals surface area contributed by atoms with Crippen LogP contribution in [0.5, 0.6) is 0 Å². The molecule has 0 atom stereocenters. The molecule has 0 spiro atoms. The Kier molecular flexibility index (Phi) is 8.49. The number of rotatable bonds is 7. The van der Waals surface area contributed by atoms with Crippen LogP contribution in [0.3, 0.4) is 0 Å². The van der Waals surface area contributed by atoms with Gasteiger partial charge in [0, 0.05) is 69.9 Å². The first kappa shape index (κ1) is 29.0. The van der Waals surface area contributed by atoms with Crippen molar-refractivity contribution in [1.82, 2.24) is 28.3 Å². The first-order chi connectivity index (χ1) is 20.3. The minimum absolute atomic E-state index is 0.0636. The molecule has 4 heterocycles. The molecule has 0 unspecified atom stereocenters.